The maximum atomic E-state index is 13.6. The lowest BCUT2D eigenvalue weighted by molar-refractivity contribution is 0.413. The Labute approximate surface area is 86.6 Å². The van der Waals surface area contributed by atoms with Crippen molar-refractivity contribution in [1.82, 2.24) is 9.97 Å². The van der Waals surface area contributed by atoms with E-state index in [1.54, 1.807) is 12.1 Å². The van der Waals surface area contributed by atoms with Crippen molar-refractivity contribution in [1.29, 1.82) is 0 Å². The number of nitrogens with zero attached hydrogens (tertiary/aromatic N) is 2. The minimum atomic E-state index is -0.366. The van der Waals surface area contributed by atoms with Crippen LogP contribution in [0.2, 0.25) is 0 Å². The van der Waals surface area contributed by atoms with E-state index in [-0.39, 0.29) is 5.82 Å². The largest absolute Gasteiger partial charge is 0.496 e. The first-order valence-electron chi connectivity index (χ1n) is 4.42. The van der Waals surface area contributed by atoms with Crippen molar-refractivity contribution in [2.24, 2.45) is 0 Å². The average Bonchev–Trinajstić information content (AvgIpc) is 2.29. The standard InChI is InChI=1S/C11H9FN2O/c1-15-10-4-2-3-8(12)11(10)9-7-13-5-6-14-9/h2-7H,1H3. The lowest BCUT2D eigenvalue weighted by Crippen LogP contribution is -1.93. The predicted octanol–water partition coefficient (Wildman–Crippen LogP) is 2.29. The Hall–Kier alpha value is -1.97. The van der Waals surface area contributed by atoms with Crippen molar-refractivity contribution in [2.75, 3.05) is 7.11 Å². The molecule has 0 radical (unpaired) electrons. The van der Waals surface area contributed by atoms with E-state index in [2.05, 4.69) is 9.97 Å². The van der Waals surface area contributed by atoms with Crippen LogP contribution in [0.15, 0.2) is 36.8 Å². The minimum absolute atomic E-state index is 0.341. The van der Waals surface area contributed by atoms with Crippen LogP contribution in [0.25, 0.3) is 11.3 Å². The lowest BCUT2D eigenvalue weighted by Gasteiger charge is -2.07. The smallest absolute Gasteiger partial charge is 0.136 e. The summed E-state index contributed by atoms with van der Waals surface area (Å²) in [5.41, 5.74) is 0.806. The molecule has 15 heavy (non-hydrogen) atoms. The fourth-order valence-corrected chi connectivity index (χ4v) is 1.35. The number of rotatable bonds is 2. The first-order chi connectivity index (χ1) is 7.33. The number of benzene rings is 1. The Morgan fingerprint density at radius 3 is 2.80 bits per heavy atom. The maximum Gasteiger partial charge on any atom is 0.136 e. The van der Waals surface area contributed by atoms with Gasteiger partial charge in [0.1, 0.15) is 11.6 Å². The van der Waals surface area contributed by atoms with Gasteiger partial charge < -0.3 is 4.74 Å². The highest BCUT2D eigenvalue weighted by Crippen LogP contribution is 2.30. The van der Waals surface area contributed by atoms with E-state index in [1.807, 2.05) is 0 Å². The molecular weight excluding hydrogens is 195 g/mol. The van der Waals surface area contributed by atoms with E-state index in [9.17, 15) is 4.39 Å². The molecule has 0 aliphatic heterocycles. The molecule has 0 aliphatic carbocycles. The maximum absolute atomic E-state index is 13.6. The summed E-state index contributed by atoms with van der Waals surface area (Å²) in [4.78, 5) is 7.93. The molecule has 2 rings (SSSR count). The zero-order valence-electron chi connectivity index (χ0n) is 8.14. The van der Waals surface area contributed by atoms with E-state index in [0.717, 1.165) is 0 Å². The van der Waals surface area contributed by atoms with Gasteiger partial charge in [-0.25, -0.2) is 4.39 Å². The third-order valence-corrected chi connectivity index (χ3v) is 2.01. The Morgan fingerprint density at radius 1 is 1.27 bits per heavy atom. The molecule has 0 amide bonds. The van der Waals surface area contributed by atoms with Gasteiger partial charge in [0.05, 0.1) is 24.6 Å². The summed E-state index contributed by atoms with van der Waals surface area (Å²) in [5.74, 6) is 0.0883. The van der Waals surface area contributed by atoms with Gasteiger partial charge in [-0.05, 0) is 12.1 Å². The summed E-state index contributed by atoms with van der Waals surface area (Å²) in [6.07, 6.45) is 4.55. The third-order valence-electron chi connectivity index (χ3n) is 2.01. The molecule has 0 saturated carbocycles. The summed E-state index contributed by atoms with van der Waals surface area (Å²) in [6.45, 7) is 0. The SMILES string of the molecule is COc1cccc(F)c1-c1cnccn1. The zero-order valence-corrected chi connectivity index (χ0v) is 8.14. The molecule has 4 heteroatoms. The summed E-state index contributed by atoms with van der Waals surface area (Å²) in [6, 6.07) is 4.65. The fourth-order valence-electron chi connectivity index (χ4n) is 1.35. The predicted molar refractivity (Wildman–Crippen MR) is 54.0 cm³/mol. The second-order valence-electron chi connectivity index (χ2n) is 2.91. The van der Waals surface area contributed by atoms with Crippen LogP contribution in [-0.4, -0.2) is 17.1 Å². The molecule has 0 fully saturated rings. The molecule has 2 aromatic rings. The van der Waals surface area contributed by atoms with Crippen LogP contribution in [0.3, 0.4) is 0 Å². The van der Waals surface area contributed by atoms with Crippen molar-refractivity contribution in [3.63, 3.8) is 0 Å². The summed E-state index contributed by atoms with van der Waals surface area (Å²) >= 11 is 0. The molecule has 1 aromatic heterocycles. The minimum Gasteiger partial charge on any atom is -0.496 e. The van der Waals surface area contributed by atoms with Crippen LogP contribution in [0.4, 0.5) is 4.39 Å². The monoisotopic (exact) mass is 204 g/mol. The van der Waals surface area contributed by atoms with Crippen LogP contribution >= 0.6 is 0 Å². The molecule has 0 spiro atoms. The molecule has 1 heterocycles. The molecule has 0 unspecified atom stereocenters. The van der Waals surface area contributed by atoms with Crippen LogP contribution in [-0.2, 0) is 0 Å². The normalized spacial score (nSPS) is 10.0. The van der Waals surface area contributed by atoms with Gasteiger partial charge in [0.25, 0.3) is 0 Å². The van der Waals surface area contributed by atoms with Crippen LogP contribution in [0, 0.1) is 5.82 Å². The average molecular weight is 204 g/mol. The Bertz CT molecular complexity index is 459. The molecule has 0 saturated heterocycles. The van der Waals surface area contributed by atoms with E-state index in [0.29, 0.717) is 17.0 Å². The third kappa shape index (κ3) is 1.79. The Kier molecular flexibility index (Phi) is 2.58. The molecule has 76 valence electrons. The second kappa shape index (κ2) is 4.04. The Balaban J connectivity index is 2.61. The van der Waals surface area contributed by atoms with Crippen LogP contribution in [0.5, 0.6) is 5.75 Å². The topological polar surface area (TPSA) is 35.0 Å². The first-order valence-corrected chi connectivity index (χ1v) is 4.42. The number of hydrogen-bond donors (Lipinski definition) is 0. The van der Waals surface area contributed by atoms with E-state index in [4.69, 9.17) is 4.74 Å². The number of methoxy groups -OCH3 is 1. The molecule has 0 atom stereocenters. The van der Waals surface area contributed by atoms with Crippen molar-refractivity contribution < 1.29 is 9.13 Å². The molecule has 0 aliphatic rings. The van der Waals surface area contributed by atoms with Crippen molar-refractivity contribution in [2.45, 2.75) is 0 Å². The molecule has 1 aromatic carbocycles. The molecule has 0 N–H and O–H groups in total. The van der Waals surface area contributed by atoms with Crippen molar-refractivity contribution in [3.8, 4) is 17.0 Å². The highest BCUT2D eigenvalue weighted by molar-refractivity contribution is 5.66. The van der Waals surface area contributed by atoms with Gasteiger partial charge in [0, 0.05) is 12.4 Å². The highest BCUT2D eigenvalue weighted by Gasteiger charge is 2.12. The number of hydrogen-bond acceptors (Lipinski definition) is 3. The van der Waals surface area contributed by atoms with Gasteiger partial charge in [-0.3, -0.25) is 9.97 Å². The van der Waals surface area contributed by atoms with E-state index >= 15 is 0 Å². The summed E-state index contributed by atoms with van der Waals surface area (Å²) < 4.78 is 18.6. The van der Waals surface area contributed by atoms with Gasteiger partial charge in [0.15, 0.2) is 0 Å². The van der Waals surface area contributed by atoms with Crippen LogP contribution < -0.4 is 4.74 Å². The van der Waals surface area contributed by atoms with Gasteiger partial charge in [-0.1, -0.05) is 6.07 Å². The summed E-state index contributed by atoms with van der Waals surface area (Å²) in [5, 5.41) is 0. The van der Waals surface area contributed by atoms with Crippen LogP contribution in [0.1, 0.15) is 0 Å². The zero-order chi connectivity index (χ0) is 10.7. The Morgan fingerprint density at radius 2 is 2.13 bits per heavy atom. The quantitative estimate of drug-likeness (QED) is 0.752. The van der Waals surface area contributed by atoms with Gasteiger partial charge >= 0.3 is 0 Å². The summed E-state index contributed by atoms with van der Waals surface area (Å²) in [7, 11) is 1.49. The highest BCUT2D eigenvalue weighted by atomic mass is 19.1. The second-order valence-corrected chi connectivity index (χ2v) is 2.91. The number of ether oxygens (including phenoxy) is 1. The molecular formula is C11H9FN2O. The first kappa shape index (κ1) is 9.58. The van der Waals surface area contributed by atoms with Gasteiger partial charge in [-0.2, -0.15) is 0 Å². The number of halogens is 1. The lowest BCUT2D eigenvalue weighted by atomic mass is 10.1. The van der Waals surface area contributed by atoms with Crippen molar-refractivity contribution in [3.05, 3.63) is 42.6 Å². The van der Waals surface area contributed by atoms with E-state index in [1.165, 1.54) is 31.8 Å². The van der Waals surface area contributed by atoms with Gasteiger partial charge in [-0.15, -0.1) is 0 Å². The number of aromatic nitrogens is 2. The fraction of sp³-hybridized carbons (Fsp3) is 0.0909. The van der Waals surface area contributed by atoms with Crippen molar-refractivity contribution >= 4 is 0 Å². The molecule has 0 bridgehead atoms. The van der Waals surface area contributed by atoms with Gasteiger partial charge in [0.2, 0.25) is 0 Å². The van der Waals surface area contributed by atoms with E-state index < -0.39 is 0 Å². The molecule has 3 nitrogen and oxygen atoms in total.